The fourth-order valence-corrected chi connectivity index (χ4v) is 4.02. The third-order valence-electron chi connectivity index (χ3n) is 5.54. The Morgan fingerprint density at radius 1 is 0.812 bits per heavy atom. The third kappa shape index (κ3) is 3.24. The lowest BCUT2D eigenvalue weighted by molar-refractivity contribution is 0.0560. The number of imide groups is 1. The molecular formula is C27H20N2O3. The number of rotatable bonds is 6. The number of hydrogen-bond acceptors (Lipinski definition) is 4. The minimum Gasteiger partial charge on any atom is -0.438 e. The Balaban J connectivity index is 1.64. The fourth-order valence-electron chi connectivity index (χ4n) is 4.02. The van der Waals surface area contributed by atoms with Crippen molar-refractivity contribution in [1.82, 2.24) is 9.88 Å². The number of carbonyl (C=O) groups is 2. The van der Waals surface area contributed by atoms with Gasteiger partial charge in [0.1, 0.15) is 11.7 Å². The molecule has 0 N–H and O–H groups in total. The first kappa shape index (κ1) is 19.7. The molecule has 1 aromatic heterocycles. The summed E-state index contributed by atoms with van der Waals surface area (Å²) in [5, 5.41) is 0. The van der Waals surface area contributed by atoms with Crippen LogP contribution in [0.4, 0.5) is 0 Å². The second kappa shape index (κ2) is 8.12. The molecular weight excluding hydrogens is 400 g/mol. The predicted octanol–water partition coefficient (Wildman–Crippen LogP) is 5.92. The number of nitrogens with zero attached hydrogens (tertiary/aromatic N) is 2. The highest BCUT2D eigenvalue weighted by atomic mass is 16.4. The van der Waals surface area contributed by atoms with E-state index in [1.165, 1.54) is 4.90 Å². The van der Waals surface area contributed by atoms with E-state index in [-0.39, 0.29) is 11.8 Å². The summed E-state index contributed by atoms with van der Waals surface area (Å²) in [7, 11) is 0. The fraction of sp³-hybridized carbons (Fsp3) is 0.0741. The summed E-state index contributed by atoms with van der Waals surface area (Å²) < 4.78 is 6.27. The predicted molar refractivity (Wildman–Crippen MR) is 122 cm³/mol. The molecule has 3 aromatic carbocycles. The Hall–Kier alpha value is -4.25. The van der Waals surface area contributed by atoms with Gasteiger partial charge in [-0.05, 0) is 18.6 Å². The molecule has 2 amide bonds. The van der Waals surface area contributed by atoms with Crippen LogP contribution in [-0.2, 0) is 0 Å². The van der Waals surface area contributed by atoms with E-state index in [0.717, 1.165) is 11.1 Å². The molecule has 0 bridgehead atoms. The highest BCUT2D eigenvalue weighted by molar-refractivity contribution is 6.21. The molecule has 156 valence electrons. The van der Waals surface area contributed by atoms with Gasteiger partial charge in [-0.1, -0.05) is 78.9 Å². The van der Waals surface area contributed by atoms with Crippen molar-refractivity contribution in [2.45, 2.75) is 12.5 Å². The van der Waals surface area contributed by atoms with E-state index in [1.54, 1.807) is 30.3 Å². The van der Waals surface area contributed by atoms with Gasteiger partial charge in [-0.3, -0.25) is 14.5 Å². The Morgan fingerprint density at radius 2 is 1.34 bits per heavy atom. The molecule has 5 nitrogen and oxygen atoms in total. The van der Waals surface area contributed by atoms with Gasteiger partial charge in [0.05, 0.1) is 11.1 Å². The summed E-state index contributed by atoms with van der Waals surface area (Å²) in [4.78, 5) is 32.3. The average Bonchev–Trinajstić information content (AvgIpc) is 3.39. The first-order valence-corrected chi connectivity index (χ1v) is 10.4. The molecule has 5 heteroatoms. The highest BCUT2D eigenvalue weighted by Gasteiger charge is 2.42. The smallest absolute Gasteiger partial charge is 0.262 e. The van der Waals surface area contributed by atoms with E-state index in [4.69, 9.17) is 9.40 Å². The van der Waals surface area contributed by atoms with Gasteiger partial charge in [0.15, 0.2) is 5.76 Å². The van der Waals surface area contributed by atoms with Crippen LogP contribution in [0.3, 0.4) is 0 Å². The van der Waals surface area contributed by atoms with Crippen molar-refractivity contribution in [3.8, 4) is 22.6 Å². The number of amides is 2. The van der Waals surface area contributed by atoms with Crippen molar-refractivity contribution in [3.63, 3.8) is 0 Å². The first-order chi connectivity index (χ1) is 15.7. The highest BCUT2D eigenvalue weighted by Crippen LogP contribution is 2.39. The molecule has 0 saturated heterocycles. The lowest BCUT2D eigenvalue weighted by Crippen LogP contribution is -2.34. The molecule has 0 aliphatic carbocycles. The van der Waals surface area contributed by atoms with Crippen LogP contribution in [0.15, 0.2) is 102 Å². The summed E-state index contributed by atoms with van der Waals surface area (Å²) in [5.74, 6) is 0.200. The van der Waals surface area contributed by atoms with Gasteiger partial charge < -0.3 is 4.42 Å². The summed E-state index contributed by atoms with van der Waals surface area (Å²) in [6.07, 6.45) is 2.00. The van der Waals surface area contributed by atoms with Gasteiger partial charge in [-0.25, -0.2) is 4.98 Å². The molecule has 1 atom stereocenters. The van der Waals surface area contributed by atoms with Crippen LogP contribution in [-0.4, -0.2) is 21.7 Å². The lowest BCUT2D eigenvalue weighted by Gasteiger charge is -2.22. The van der Waals surface area contributed by atoms with Crippen LogP contribution in [0.2, 0.25) is 0 Å². The molecule has 4 aromatic rings. The summed E-state index contributed by atoms with van der Waals surface area (Å²) in [6, 6.07) is 25.5. The minimum atomic E-state index is -0.695. The van der Waals surface area contributed by atoms with E-state index >= 15 is 0 Å². The zero-order valence-corrected chi connectivity index (χ0v) is 17.3. The van der Waals surface area contributed by atoms with Crippen LogP contribution in [0.25, 0.3) is 22.6 Å². The van der Waals surface area contributed by atoms with E-state index in [1.807, 2.05) is 60.7 Å². The topological polar surface area (TPSA) is 63.4 Å². The van der Waals surface area contributed by atoms with Crippen molar-refractivity contribution in [3.05, 3.63) is 115 Å². The third-order valence-corrected chi connectivity index (χ3v) is 5.54. The largest absolute Gasteiger partial charge is 0.438 e. The number of hydrogen-bond donors (Lipinski definition) is 0. The molecule has 5 rings (SSSR count). The van der Waals surface area contributed by atoms with Crippen molar-refractivity contribution < 1.29 is 14.0 Å². The molecule has 32 heavy (non-hydrogen) atoms. The molecule has 2 heterocycles. The van der Waals surface area contributed by atoms with E-state index in [0.29, 0.717) is 34.9 Å². The minimum absolute atomic E-state index is 0.303. The van der Waals surface area contributed by atoms with Crippen LogP contribution >= 0.6 is 0 Å². The number of fused-ring (bicyclic) bond motifs is 1. The lowest BCUT2D eigenvalue weighted by atomic mass is 10.1. The Bertz CT molecular complexity index is 1220. The Kier molecular flexibility index (Phi) is 5.00. The van der Waals surface area contributed by atoms with Gasteiger partial charge in [0.25, 0.3) is 11.8 Å². The normalized spacial score (nSPS) is 13.8. The second-order valence-electron chi connectivity index (χ2n) is 7.53. The molecule has 0 radical (unpaired) electrons. The van der Waals surface area contributed by atoms with Crippen LogP contribution < -0.4 is 0 Å². The van der Waals surface area contributed by atoms with Crippen molar-refractivity contribution in [2.75, 3.05) is 0 Å². The van der Waals surface area contributed by atoms with E-state index in [9.17, 15) is 9.59 Å². The number of aromatic nitrogens is 1. The maximum Gasteiger partial charge on any atom is 0.262 e. The Labute approximate surface area is 185 Å². The monoisotopic (exact) mass is 420 g/mol. The Morgan fingerprint density at radius 3 is 1.91 bits per heavy atom. The second-order valence-corrected chi connectivity index (χ2v) is 7.53. The molecule has 1 aliphatic rings. The standard InChI is InChI=1S/C27H20N2O3/c1-2-11-22(29-26(30)20-16-9-10-17-21(20)27(29)31)25-28-23(18-12-5-3-6-13-18)24(32-25)19-14-7-4-8-15-19/h2-10,12-17,22H,1,11H2/t22-/m1/s1. The average molecular weight is 420 g/mol. The molecule has 0 spiro atoms. The van der Waals surface area contributed by atoms with Gasteiger partial charge in [-0.15, -0.1) is 6.58 Å². The summed E-state index contributed by atoms with van der Waals surface area (Å²) in [5.41, 5.74) is 3.21. The van der Waals surface area contributed by atoms with Crippen molar-refractivity contribution in [1.29, 1.82) is 0 Å². The van der Waals surface area contributed by atoms with Crippen molar-refractivity contribution in [2.24, 2.45) is 0 Å². The maximum absolute atomic E-state index is 13.1. The molecule has 1 aliphatic heterocycles. The summed E-state index contributed by atoms with van der Waals surface area (Å²) >= 11 is 0. The number of oxazole rings is 1. The molecule has 0 fully saturated rings. The SMILES string of the molecule is C=CC[C@H](c1nc(-c2ccccc2)c(-c2ccccc2)o1)N1C(=O)c2ccccc2C1=O. The summed E-state index contributed by atoms with van der Waals surface area (Å²) in [6.45, 7) is 3.82. The van der Waals surface area contributed by atoms with Gasteiger partial charge >= 0.3 is 0 Å². The van der Waals surface area contributed by atoms with Crippen LogP contribution in [0.5, 0.6) is 0 Å². The zero-order chi connectivity index (χ0) is 22.1. The van der Waals surface area contributed by atoms with E-state index in [2.05, 4.69) is 6.58 Å². The van der Waals surface area contributed by atoms with Gasteiger partial charge in [0.2, 0.25) is 5.89 Å². The van der Waals surface area contributed by atoms with Gasteiger partial charge in [-0.2, -0.15) is 0 Å². The van der Waals surface area contributed by atoms with Crippen molar-refractivity contribution >= 4 is 11.8 Å². The number of carbonyl (C=O) groups excluding carboxylic acids is 2. The quantitative estimate of drug-likeness (QED) is 0.287. The molecule has 0 saturated carbocycles. The van der Waals surface area contributed by atoms with Crippen LogP contribution in [0, 0.1) is 0 Å². The maximum atomic E-state index is 13.1. The zero-order valence-electron chi connectivity index (χ0n) is 17.3. The van der Waals surface area contributed by atoms with Crippen LogP contribution in [0.1, 0.15) is 39.1 Å². The van der Waals surface area contributed by atoms with E-state index < -0.39 is 6.04 Å². The first-order valence-electron chi connectivity index (χ1n) is 10.4. The molecule has 0 unspecified atom stereocenters. The number of benzene rings is 3. The van der Waals surface area contributed by atoms with Gasteiger partial charge in [0, 0.05) is 11.1 Å².